The molecule has 1 aromatic heterocycles. The molecule has 1 aromatic carbocycles. The van der Waals surface area contributed by atoms with E-state index in [0.29, 0.717) is 5.92 Å². The van der Waals surface area contributed by atoms with Gasteiger partial charge in [-0.15, -0.1) is 11.3 Å². The van der Waals surface area contributed by atoms with Gasteiger partial charge in [0.15, 0.2) is 0 Å². The molecule has 1 amide bonds. The van der Waals surface area contributed by atoms with Gasteiger partial charge < -0.3 is 15.8 Å². The number of halogens is 1. The first-order valence-corrected chi connectivity index (χ1v) is 10.5. The number of nitrogens with two attached hydrogens (primary N) is 1. The molecule has 0 spiro atoms. The van der Waals surface area contributed by atoms with Gasteiger partial charge in [-0.25, -0.2) is 9.78 Å². The molecule has 3 rings (SSSR count). The standard InChI is InChI=1S/C19H24BrN3O2S/c1-11(2)25-19(24)23-14-6-3-12(4-7-14)18-22-10-17(26-18)15-8-5-13(21)9-16(15)20/h5,8-12,14H,3-4,6-7,21H2,1-2H3,(H,23,24)/t12-,14-. The summed E-state index contributed by atoms with van der Waals surface area (Å²) in [4.78, 5) is 17.5. The van der Waals surface area contributed by atoms with Gasteiger partial charge in [-0.2, -0.15) is 0 Å². The highest BCUT2D eigenvalue weighted by Gasteiger charge is 2.26. The van der Waals surface area contributed by atoms with E-state index in [1.165, 1.54) is 5.01 Å². The topological polar surface area (TPSA) is 77.2 Å². The second kappa shape index (κ2) is 8.39. The Hall–Kier alpha value is -1.60. The number of rotatable bonds is 4. The van der Waals surface area contributed by atoms with Crippen LogP contribution in [0.5, 0.6) is 0 Å². The average Bonchev–Trinajstić information content (AvgIpc) is 3.04. The minimum absolute atomic E-state index is 0.0901. The van der Waals surface area contributed by atoms with Crippen molar-refractivity contribution in [1.82, 2.24) is 10.3 Å². The summed E-state index contributed by atoms with van der Waals surface area (Å²) in [6.07, 6.45) is 5.52. The fraction of sp³-hybridized carbons (Fsp3) is 0.474. The van der Waals surface area contributed by atoms with Crippen LogP contribution in [-0.4, -0.2) is 23.2 Å². The molecule has 7 heteroatoms. The van der Waals surface area contributed by atoms with E-state index in [2.05, 4.69) is 26.2 Å². The van der Waals surface area contributed by atoms with Gasteiger partial charge in [0.05, 0.1) is 16.0 Å². The van der Waals surface area contributed by atoms with Gasteiger partial charge in [0, 0.05) is 33.9 Å². The van der Waals surface area contributed by atoms with Crippen LogP contribution in [-0.2, 0) is 4.74 Å². The number of carbonyl (C=O) groups excluding carboxylic acids is 1. The number of anilines is 1. The number of nitrogens with one attached hydrogen (secondary N) is 1. The Bertz CT molecular complexity index is 770. The Morgan fingerprint density at radius 1 is 1.35 bits per heavy atom. The maximum Gasteiger partial charge on any atom is 0.407 e. The number of benzene rings is 1. The highest BCUT2D eigenvalue weighted by molar-refractivity contribution is 9.10. The van der Waals surface area contributed by atoms with Crippen molar-refractivity contribution in [2.24, 2.45) is 0 Å². The first-order valence-electron chi connectivity index (χ1n) is 8.90. The number of alkyl carbamates (subject to hydrolysis) is 1. The Morgan fingerprint density at radius 3 is 2.73 bits per heavy atom. The van der Waals surface area contributed by atoms with E-state index >= 15 is 0 Å². The smallest absolute Gasteiger partial charge is 0.407 e. The number of ether oxygens (including phenoxy) is 1. The molecule has 0 bridgehead atoms. The third-order valence-corrected chi connectivity index (χ3v) is 6.37. The van der Waals surface area contributed by atoms with E-state index in [0.717, 1.165) is 46.3 Å². The van der Waals surface area contributed by atoms with Gasteiger partial charge >= 0.3 is 6.09 Å². The lowest BCUT2D eigenvalue weighted by molar-refractivity contribution is 0.109. The third kappa shape index (κ3) is 4.76. The molecule has 26 heavy (non-hydrogen) atoms. The minimum atomic E-state index is -0.312. The van der Waals surface area contributed by atoms with Crippen LogP contribution >= 0.6 is 27.3 Å². The van der Waals surface area contributed by atoms with Crippen molar-refractivity contribution in [2.75, 3.05) is 5.73 Å². The second-order valence-electron chi connectivity index (χ2n) is 6.95. The molecule has 0 radical (unpaired) electrons. The van der Waals surface area contributed by atoms with Gasteiger partial charge in [-0.3, -0.25) is 0 Å². The normalized spacial score (nSPS) is 20.2. The molecule has 3 N–H and O–H groups in total. The van der Waals surface area contributed by atoms with Crippen LogP contribution in [0.2, 0.25) is 0 Å². The van der Waals surface area contributed by atoms with Crippen LogP contribution in [0.1, 0.15) is 50.5 Å². The number of hydrogen-bond donors (Lipinski definition) is 2. The second-order valence-corrected chi connectivity index (χ2v) is 8.87. The molecular weight excluding hydrogens is 414 g/mol. The number of amides is 1. The molecular formula is C19H24BrN3O2S. The van der Waals surface area contributed by atoms with Crippen LogP contribution < -0.4 is 11.1 Å². The molecule has 1 fully saturated rings. The molecule has 0 saturated heterocycles. The van der Waals surface area contributed by atoms with Gasteiger partial charge in [-0.1, -0.05) is 22.0 Å². The maximum atomic E-state index is 11.7. The lowest BCUT2D eigenvalue weighted by Gasteiger charge is -2.28. The molecule has 140 valence electrons. The molecule has 1 heterocycles. The van der Waals surface area contributed by atoms with Crippen LogP contribution in [0.15, 0.2) is 28.9 Å². The SMILES string of the molecule is CC(C)OC(=O)N[C@H]1CC[C@H](c2ncc(-c3ccc(N)cc3Br)s2)CC1. The molecule has 0 aliphatic heterocycles. The molecule has 2 aromatic rings. The van der Waals surface area contributed by atoms with Crippen LogP contribution in [0.4, 0.5) is 10.5 Å². The number of thiazole rings is 1. The van der Waals surface area contributed by atoms with Gasteiger partial charge in [0.25, 0.3) is 0 Å². The van der Waals surface area contributed by atoms with Crippen molar-refractivity contribution < 1.29 is 9.53 Å². The number of aromatic nitrogens is 1. The zero-order valence-electron chi connectivity index (χ0n) is 15.0. The fourth-order valence-corrected chi connectivity index (χ4v) is 5.10. The molecule has 0 atom stereocenters. The first-order chi connectivity index (χ1) is 12.4. The molecule has 1 aliphatic carbocycles. The van der Waals surface area contributed by atoms with E-state index in [9.17, 15) is 4.79 Å². The predicted octanol–water partition coefficient (Wildman–Crippen LogP) is 5.32. The third-order valence-electron chi connectivity index (χ3n) is 4.52. The lowest BCUT2D eigenvalue weighted by Crippen LogP contribution is -2.38. The summed E-state index contributed by atoms with van der Waals surface area (Å²) >= 11 is 5.33. The summed E-state index contributed by atoms with van der Waals surface area (Å²) < 4.78 is 6.15. The van der Waals surface area contributed by atoms with Crippen molar-refractivity contribution in [1.29, 1.82) is 0 Å². The summed E-state index contributed by atoms with van der Waals surface area (Å²) in [5.41, 5.74) is 7.68. The van der Waals surface area contributed by atoms with E-state index in [-0.39, 0.29) is 18.2 Å². The molecule has 0 unspecified atom stereocenters. The average molecular weight is 438 g/mol. The number of nitrogens with zero attached hydrogens (tertiary/aromatic N) is 1. The zero-order valence-corrected chi connectivity index (χ0v) is 17.4. The maximum absolute atomic E-state index is 11.7. The van der Waals surface area contributed by atoms with Crippen molar-refractivity contribution in [2.45, 2.75) is 57.6 Å². The Labute approximate surface area is 166 Å². The van der Waals surface area contributed by atoms with Gasteiger partial charge in [0.1, 0.15) is 0 Å². The van der Waals surface area contributed by atoms with Gasteiger partial charge in [0.2, 0.25) is 0 Å². The predicted molar refractivity (Wildman–Crippen MR) is 109 cm³/mol. The van der Waals surface area contributed by atoms with E-state index in [4.69, 9.17) is 10.5 Å². The van der Waals surface area contributed by atoms with Crippen LogP contribution in [0, 0.1) is 0 Å². The zero-order chi connectivity index (χ0) is 18.7. The monoisotopic (exact) mass is 437 g/mol. The Balaban J connectivity index is 1.59. The largest absolute Gasteiger partial charge is 0.447 e. The first kappa shape index (κ1) is 19.2. The van der Waals surface area contributed by atoms with Gasteiger partial charge in [-0.05, 0) is 51.7 Å². The van der Waals surface area contributed by atoms with Crippen molar-refractivity contribution >= 4 is 39.0 Å². The lowest BCUT2D eigenvalue weighted by atomic mass is 9.86. The fourth-order valence-electron chi connectivity index (χ4n) is 3.23. The van der Waals surface area contributed by atoms with Crippen LogP contribution in [0.25, 0.3) is 10.4 Å². The molecule has 1 saturated carbocycles. The summed E-state index contributed by atoms with van der Waals surface area (Å²) in [5, 5.41) is 4.14. The minimum Gasteiger partial charge on any atom is -0.447 e. The molecule has 1 aliphatic rings. The Morgan fingerprint density at radius 2 is 2.08 bits per heavy atom. The number of nitrogen functional groups attached to an aromatic ring is 1. The van der Waals surface area contributed by atoms with E-state index < -0.39 is 0 Å². The molecule has 5 nitrogen and oxygen atoms in total. The number of hydrogen-bond acceptors (Lipinski definition) is 5. The summed E-state index contributed by atoms with van der Waals surface area (Å²) in [5.74, 6) is 0.459. The van der Waals surface area contributed by atoms with Crippen molar-refractivity contribution in [3.63, 3.8) is 0 Å². The summed E-state index contributed by atoms with van der Waals surface area (Å²) in [7, 11) is 0. The highest BCUT2D eigenvalue weighted by Crippen LogP contribution is 2.39. The Kier molecular flexibility index (Phi) is 6.19. The van der Waals surface area contributed by atoms with Crippen molar-refractivity contribution in [3.8, 4) is 10.4 Å². The van der Waals surface area contributed by atoms with E-state index in [1.807, 2.05) is 38.2 Å². The quantitative estimate of drug-likeness (QED) is 0.634. The van der Waals surface area contributed by atoms with Crippen LogP contribution in [0.3, 0.4) is 0 Å². The van der Waals surface area contributed by atoms with Crippen molar-refractivity contribution in [3.05, 3.63) is 33.9 Å². The summed E-state index contributed by atoms with van der Waals surface area (Å²) in [6.45, 7) is 3.71. The number of carbonyl (C=O) groups is 1. The summed E-state index contributed by atoms with van der Waals surface area (Å²) in [6, 6.07) is 6.05. The highest BCUT2D eigenvalue weighted by atomic mass is 79.9. The van der Waals surface area contributed by atoms with E-state index in [1.54, 1.807) is 11.3 Å².